The Morgan fingerprint density at radius 2 is 2.11 bits per heavy atom. The number of nitrogens with zero attached hydrogens (tertiary/aromatic N) is 1. The molecule has 0 aliphatic heterocycles. The minimum Gasteiger partial charge on any atom is -0.399 e. The standard InChI is InChI=1S/C13H21N3O2/c1-9(2)16(6-7-18-3)12-8-10(14)4-5-11(12)13(15)17/h4-5,8-9H,6-7,14H2,1-3H3,(H2,15,17). The largest absolute Gasteiger partial charge is 0.399 e. The van der Waals surface area contributed by atoms with Crippen LogP contribution < -0.4 is 16.4 Å². The van der Waals surface area contributed by atoms with Crippen LogP contribution in [0.3, 0.4) is 0 Å². The lowest BCUT2D eigenvalue weighted by Crippen LogP contribution is -2.35. The molecule has 0 heterocycles. The van der Waals surface area contributed by atoms with E-state index in [1.54, 1.807) is 25.3 Å². The lowest BCUT2D eigenvalue weighted by molar-refractivity contribution is 0.100. The molecule has 0 fully saturated rings. The van der Waals surface area contributed by atoms with E-state index in [4.69, 9.17) is 16.2 Å². The van der Waals surface area contributed by atoms with Crippen LogP contribution >= 0.6 is 0 Å². The summed E-state index contributed by atoms with van der Waals surface area (Å²) >= 11 is 0. The van der Waals surface area contributed by atoms with Crippen molar-refractivity contribution in [2.75, 3.05) is 30.9 Å². The summed E-state index contributed by atoms with van der Waals surface area (Å²) in [6, 6.07) is 5.34. The summed E-state index contributed by atoms with van der Waals surface area (Å²) in [6.07, 6.45) is 0. The second-order valence-corrected chi connectivity index (χ2v) is 4.42. The summed E-state index contributed by atoms with van der Waals surface area (Å²) in [5.74, 6) is -0.451. The third-order valence-corrected chi connectivity index (χ3v) is 2.76. The summed E-state index contributed by atoms with van der Waals surface area (Å²) in [5.41, 5.74) is 13.0. The Kier molecular flexibility index (Phi) is 4.97. The van der Waals surface area contributed by atoms with Gasteiger partial charge in [0, 0.05) is 25.4 Å². The quantitative estimate of drug-likeness (QED) is 0.745. The maximum atomic E-state index is 11.5. The van der Waals surface area contributed by atoms with E-state index in [-0.39, 0.29) is 6.04 Å². The van der Waals surface area contributed by atoms with E-state index in [1.807, 2.05) is 13.8 Å². The number of rotatable bonds is 6. The molecule has 1 rings (SSSR count). The molecular formula is C13H21N3O2. The van der Waals surface area contributed by atoms with Crippen LogP contribution in [0.25, 0.3) is 0 Å². The van der Waals surface area contributed by atoms with Crippen molar-refractivity contribution in [3.8, 4) is 0 Å². The van der Waals surface area contributed by atoms with Crippen molar-refractivity contribution < 1.29 is 9.53 Å². The van der Waals surface area contributed by atoms with Gasteiger partial charge >= 0.3 is 0 Å². The number of anilines is 2. The third-order valence-electron chi connectivity index (χ3n) is 2.76. The first-order chi connectivity index (χ1) is 8.47. The van der Waals surface area contributed by atoms with E-state index in [1.165, 1.54) is 0 Å². The molecular weight excluding hydrogens is 230 g/mol. The van der Waals surface area contributed by atoms with Crippen LogP contribution in [0.2, 0.25) is 0 Å². The molecule has 0 bridgehead atoms. The highest BCUT2D eigenvalue weighted by atomic mass is 16.5. The molecule has 5 heteroatoms. The predicted octanol–water partition coefficient (Wildman–Crippen LogP) is 1.23. The van der Waals surface area contributed by atoms with Crippen molar-refractivity contribution in [1.29, 1.82) is 0 Å². The average molecular weight is 251 g/mol. The number of carbonyl (C=O) groups is 1. The average Bonchev–Trinajstić information content (AvgIpc) is 2.28. The Labute approximate surface area is 108 Å². The number of nitrogens with two attached hydrogens (primary N) is 2. The van der Waals surface area contributed by atoms with E-state index in [2.05, 4.69) is 4.90 Å². The molecule has 0 spiro atoms. The van der Waals surface area contributed by atoms with Crippen molar-refractivity contribution in [3.05, 3.63) is 23.8 Å². The van der Waals surface area contributed by atoms with Crippen LogP contribution in [-0.2, 0) is 4.74 Å². The maximum Gasteiger partial charge on any atom is 0.250 e. The molecule has 1 aromatic rings. The van der Waals surface area contributed by atoms with E-state index in [0.29, 0.717) is 24.4 Å². The number of methoxy groups -OCH3 is 1. The van der Waals surface area contributed by atoms with Crippen LogP contribution in [0.4, 0.5) is 11.4 Å². The molecule has 0 aromatic heterocycles. The molecule has 4 N–H and O–H groups in total. The lowest BCUT2D eigenvalue weighted by Gasteiger charge is -2.30. The monoisotopic (exact) mass is 251 g/mol. The first-order valence-corrected chi connectivity index (χ1v) is 5.92. The van der Waals surface area contributed by atoms with E-state index in [9.17, 15) is 4.79 Å². The molecule has 0 aliphatic rings. The summed E-state index contributed by atoms with van der Waals surface area (Å²) in [6.45, 7) is 5.34. The van der Waals surface area contributed by atoms with Crippen molar-refractivity contribution in [1.82, 2.24) is 0 Å². The zero-order valence-corrected chi connectivity index (χ0v) is 11.1. The molecule has 5 nitrogen and oxygen atoms in total. The molecule has 1 amide bonds. The molecule has 0 aliphatic carbocycles. The zero-order chi connectivity index (χ0) is 13.7. The molecule has 0 saturated carbocycles. The highest BCUT2D eigenvalue weighted by Crippen LogP contribution is 2.25. The van der Waals surface area contributed by atoms with Crippen LogP contribution in [-0.4, -0.2) is 32.2 Å². The number of nitrogen functional groups attached to an aromatic ring is 1. The lowest BCUT2D eigenvalue weighted by atomic mass is 10.1. The topological polar surface area (TPSA) is 81.6 Å². The normalized spacial score (nSPS) is 10.7. The van der Waals surface area contributed by atoms with Crippen LogP contribution in [0, 0.1) is 0 Å². The third kappa shape index (κ3) is 3.37. The number of hydrogen-bond acceptors (Lipinski definition) is 4. The number of hydrogen-bond donors (Lipinski definition) is 2. The summed E-state index contributed by atoms with van der Waals surface area (Å²) in [7, 11) is 1.65. The fourth-order valence-electron chi connectivity index (χ4n) is 1.84. The number of ether oxygens (including phenoxy) is 1. The summed E-state index contributed by atoms with van der Waals surface area (Å²) in [5, 5.41) is 0. The Morgan fingerprint density at radius 3 is 2.61 bits per heavy atom. The van der Waals surface area contributed by atoms with Crippen molar-refractivity contribution >= 4 is 17.3 Å². The molecule has 100 valence electrons. The zero-order valence-electron chi connectivity index (χ0n) is 11.1. The minimum atomic E-state index is -0.451. The fourth-order valence-corrected chi connectivity index (χ4v) is 1.84. The van der Waals surface area contributed by atoms with Crippen LogP contribution in [0.5, 0.6) is 0 Å². The van der Waals surface area contributed by atoms with Gasteiger partial charge in [-0.25, -0.2) is 0 Å². The van der Waals surface area contributed by atoms with Gasteiger partial charge in [-0.3, -0.25) is 4.79 Å². The van der Waals surface area contributed by atoms with Gasteiger partial charge in [0.2, 0.25) is 0 Å². The van der Waals surface area contributed by atoms with Gasteiger partial charge in [-0.05, 0) is 32.0 Å². The van der Waals surface area contributed by atoms with Gasteiger partial charge in [0.15, 0.2) is 0 Å². The minimum absolute atomic E-state index is 0.222. The number of benzene rings is 1. The van der Waals surface area contributed by atoms with Crippen molar-refractivity contribution in [2.24, 2.45) is 5.73 Å². The molecule has 0 radical (unpaired) electrons. The Bertz CT molecular complexity index is 419. The first-order valence-electron chi connectivity index (χ1n) is 5.92. The Hall–Kier alpha value is -1.75. The van der Waals surface area contributed by atoms with Gasteiger partial charge < -0.3 is 21.1 Å². The molecule has 18 heavy (non-hydrogen) atoms. The number of primary amides is 1. The smallest absolute Gasteiger partial charge is 0.250 e. The van der Waals surface area contributed by atoms with E-state index >= 15 is 0 Å². The highest BCUT2D eigenvalue weighted by Gasteiger charge is 2.17. The van der Waals surface area contributed by atoms with Gasteiger partial charge in [0.05, 0.1) is 17.9 Å². The van der Waals surface area contributed by atoms with Crippen LogP contribution in [0.1, 0.15) is 24.2 Å². The van der Waals surface area contributed by atoms with Gasteiger partial charge in [-0.15, -0.1) is 0 Å². The van der Waals surface area contributed by atoms with Gasteiger partial charge in [-0.2, -0.15) is 0 Å². The summed E-state index contributed by atoms with van der Waals surface area (Å²) in [4.78, 5) is 13.5. The molecule has 0 unspecified atom stereocenters. The van der Waals surface area contributed by atoms with Crippen molar-refractivity contribution in [3.63, 3.8) is 0 Å². The molecule has 0 saturated heterocycles. The van der Waals surface area contributed by atoms with E-state index < -0.39 is 5.91 Å². The Morgan fingerprint density at radius 1 is 1.44 bits per heavy atom. The second kappa shape index (κ2) is 6.26. The second-order valence-electron chi connectivity index (χ2n) is 4.42. The van der Waals surface area contributed by atoms with Gasteiger partial charge in [0.1, 0.15) is 0 Å². The number of amides is 1. The predicted molar refractivity (Wildman–Crippen MR) is 73.7 cm³/mol. The van der Waals surface area contributed by atoms with E-state index in [0.717, 1.165) is 5.69 Å². The maximum absolute atomic E-state index is 11.5. The molecule has 0 atom stereocenters. The van der Waals surface area contributed by atoms with Crippen LogP contribution in [0.15, 0.2) is 18.2 Å². The number of carbonyl (C=O) groups excluding carboxylic acids is 1. The summed E-state index contributed by atoms with van der Waals surface area (Å²) < 4.78 is 5.09. The highest BCUT2D eigenvalue weighted by molar-refractivity contribution is 5.99. The first kappa shape index (κ1) is 14.3. The molecule has 1 aromatic carbocycles. The van der Waals surface area contributed by atoms with Gasteiger partial charge in [0.25, 0.3) is 5.91 Å². The SMILES string of the molecule is COCCN(c1cc(N)ccc1C(N)=O)C(C)C. The van der Waals surface area contributed by atoms with Crippen molar-refractivity contribution in [2.45, 2.75) is 19.9 Å². The Balaban J connectivity index is 3.16. The fraction of sp³-hybridized carbons (Fsp3) is 0.462. The van der Waals surface area contributed by atoms with Gasteiger partial charge in [-0.1, -0.05) is 0 Å².